The van der Waals surface area contributed by atoms with Crippen molar-refractivity contribution in [2.45, 2.75) is 0 Å². The molecule has 0 N–H and O–H groups in total. The zero-order valence-corrected chi connectivity index (χ0v) is 28.6. The van der Waals surface area contributed by atoms with E-state index in [1.165, 1.54) is 0 Å². The molecule has 0 bridgehead atoms. The Morgan fingerprint density at radius 3 is 0.304 bits per heavy atom. The maximum atomic E-state index is 8.64. The average Bonchev–Trinajstić information content (AvgIpc) is 1.62. The third-order valence-corrected chi connectivity index (χ3v) is 0. The van der Waals surface area contributed by atoms with Gasteiger partial charge >= 0.3 is 133 Å². The maximum absolute atomic E-state index is 8.64. The molecule has 0 radical (unpaired) electrons. The van der Waals surface area contributed by atoms with Crippen LogP contribution in [0.3, 0.4) is 0 Å². The van der Waals surface area contributed by atoms with Gasteiger partial charge in [-0.1, -0.05) is 0 Å². The van der Waals surface area contributed by atoms with Gasteiger partial charge in [-0.3, -0.25) is 0 Å². The van der Waals surface area contributed by atoms with Crippen molar-refractivity contribution in [2.75, 3.05) is 0 Å². The fraction of sp³-hybridized carbons (Fsp3) is 0. The largest absolute Gasteiger partial charge is 0 e. The molecule has 0 spiro atoms. The molecule has 0 unspecified atom stereocenters. The molecule has 0 aromatic rings. The van der Waals surface area contributed by atoms with Crippen molar-refractivity contribution in [2.24, 2.45) is 0 Å². The molecule has 0 rings (SSSR count). The Morgan fingerprint density at radius 2 is 0.304 bits per heavy atom. The molecule has 0 amide bonds. The van der Waals surface area contributed by atoms with Crippen molar-refractivity contribution in [3.63, 3.8) is 0 Å². The Kier molecular flexibility index (Phi) is 41.3. The van der Waals surface area contributed by atoms with Crippen molar-refractivity contribution in [1.82, 2.24) is 0 Å². The molecule has 0 atom stereocenters. The van der Waals surface area contributed by atoms with Crippen LogP contribution in [0.15, 0.2) is 0 Å². The van der Waals surface area contributed by atoms with Crippen LogP contribution in [0.1, 0.15) is 0 Å². The Morgan fingerprint density at radius 1 is 0.304 bits per heavy atom. The summed E-state index contributed by atoms with van der Waals surface area (Å²) in [6.07, 6.45) is 0. The summed E-state index contributed by atoms with van der Waals surface area (Å²) in [7, 11) is 0. The zero-order chi connectivity index (χ0) is 18.0. The van der Waals surface area contributed by atoms with E-state index in [0.717, 1.165) is 0 Å². The smallest absolute Gasteiger partial charge is 0 e. The maximum Gasteiger partial charge on any atom is 0 e. The first-order valence-corrected chi connectivity index (χ1v) is 19.6. The topological polar surface area (TPSA) is 345 Å². The van der Waals surface area contributed by atoms with E-state index in [0.29, 0.717) is 0 Å². The zero-order valence-electron chi connectivity index (χ0n) is 9.55. The van der Waals surface area contributed by atoms with E-state index in [-0.39, 0.29) is 63.2 Å². The van der Waals surface area contributed by atoms with Gasteiger partial charge in [-0.15, -0.1) is 0 Å². The van der Waals surface area contributed by atoms with Gasteiger partial charge < -0.3 is 0 Å². The Hall–Kier alpha value is 4.06. The Labute approximate surface area is 192 Å². The summed E-state index contributed by atoms with van der Waals surface area (Å²) < 4.78 is 138. The van der Waals surface area contributed by atoms with Crippen LogP contribution < -0.4 is 40.6 Å². The minimum absolute atomic E-state index is 0. The molecule has 0 aliphatic carbocycles. The van der Waals surface area contributed by atoms with Gasteiger partial charge in [0.15, 0.2) is 0 Å². The van der Waals surface area contributed by atoms with Gasteiger partial charge in [0.1, 0.15) is 0 Å². The summed E-state index contributed by atoms with van der Waals surface area (Å²) in [4.78, 5) is 0. The van der Waals surface area contributed by atoms with E-state index in [1.807, 2.05) is 0 Å². The first kappa shape index (κ1) is 45.7. The van der Waals surface area contributed by atoms with Gasteiger partial charge in [-0.05, 0) is 0 Å². The first-order chi connectivity index (χ1) is 8.00. The van der Waals surface area contributed by atoms with E-state index in [9.17, 15) is 0 Å². The predicted octanol–water partition coefficient (Wildman–Crippen LogP) is -16.3. The van der Waals surface area contributed by atoms with E-state index < -0.39 is 80.2 Å². The second-order valence-electron chi connectivity index (χ2n) is 1.79. The van der Waals surface area contributed by atoms with Crippen molar-refractivity contribution in [3.05, 3.63) is 0 Å². The van der Waals surface area contributed by atoms with E-state index in [1.54, 1.807) is 0 Å². The van der Waals surface area contributed by atoms with Gasteiger partial charge in [0.25, 0.3) is 0 Å². The normalized spacial score (nSPS) is 10.3. The van der Waals surface area contributed by atoms with Gasteiger partial charge in [-0.25, -0.2) is 0 Å². The fourth-order valence-electron chi connectivity index (χ4n) is 0. The fourth-order valence-corrected chi connectivity index (χ4v) is 0. The summed E-state index contributed by atoms with van der Waals surface area (Å²) in [5.41, 5.74) is 0. The van der Waals surface area contributed by atoms with E-state index in [2.05, 4.69) is 0 Å². The minimum Gasteiger partial charge on any atom is 0 e. The molecule has 16 nitrogen and oxygen atoms in total. The second kappa shape index (κ2) is 20.8. The standard InChI is InChI=1S/16O.4Sb.3W/q;;;;12*-1;;;;;;;. The number of hydrogen-bond acceptors (Lipinski definition) is 16. The molecule has 23 heteroatoms. The summed E-state index contributed by atoms with van der Waals surface area (Å²) in [6.45, 7) is 0. The average molecular weight is 1290 g/mol. The van der Waals surface area contributed by atoms with Crippen LogP contribution in [0.4, 0.5) is 0 Å². The van der Waals surface area contributed by atoms with Crippen molar-refractivity contribution >= 4 is 80.2 Å². The summed E-state index contributed by atoms with van der Waals surface area (Å²) in [6, 6.07) is 0. The molecular formula is O16Sb4W3-12. The summed E-state index contributed by atoms with van der Waals surface area (Å²) in [5, 5.41) is 0. The molecule has 0 aliphatic heterocycles. The second-order valence-corrected chi connectivity index (χ2v) is 12.0. The van der Waals surface area contributed by atoms with Gasteiger partial charge in [0.05, 0.1) is 0 Å². The number of rotatable bonds is 0. The van der Waals surface area contributed by atoms with Gasteiger partial charge in [0.2, 0.25) is 0 Å². The van der Waals surface area contributed by atoms with Crippen LogP contribution >= 0.6 is 0 Å². The Bertz CT molecular complexity index is 292. The molecule has 0 saturated heterocycles. The molecule has 0 aromatic heterocycles. The van der Waals surface area contributed by atoms with E-state index in [4.69, 9.17) is 52.7 Å². The molecule has 0 saturated carbocycles. The van der Waals surface area contributed by atoms with Crippen LogP contribution in [-0.4, -0.2) is 80.2 Å². The Balaban J connectivity index is -0.0000000284. The van der Waals surface area contributed by atoms with Crippen LogP contribution in [-0.2, 0) is 75.3 Å². The molecule has 146 valence electrons. The summed E-state index contributed by atoms with van der Waals surface area (Å²) in [5.74, 6) is 0. The van der Waals surface area contributed by atoms with Crippen LogP contribution in [0.25, 0.3) is 0 Å². The van der Waals surface area contributed by atoms with Crippen LogP contribution in [0, 0.1) is 0 Å². The molecular weight excluding hydrogens is 1290 g/mol. The van der Waals surface area contributed by atoms with Crippen molar-refractivity contribution in [1.29, 1.82) is 0 Å². The number of hydrogen-bond donors (Lipinski definition) is 0. The predicted molar refractivity (Wildman–Crippen MR) is 25.8 cm³/mol. The van der Waals surface area contributed by atoms with Gasteiger partial charge in [0, 0.05) is 63.2 Å². The molecule has 23 heavy (non-hydrogen) atoms. The first-order valence-electron chi connectivity index (χ1n) is 2.92. The minimum atomic E-state index is -6.10. The molecule has 0 heterocycles. The SMILES string of the molecule is [O]=[Sb]([O-])([O-])[O-].[O]=[Sb]([O-])([O-])[O-].[O]=[Sb]([O-])([O-])[O-].[O]=[Sb]([O-])([O-])[O-].[W].[W].[W]. The third-order valence-electron chi connectivity index (χ3n) is 0. The molecule has 0 aromatic carbocycles. The van der Waals surface area contributed by atoms with Crippen LogP contribution in [0.5, 0.6) is 0 Å². The third kappa shape index (κ3) is 916. The molecule has 0 aliphatic rings. The van der Waals surface area contributed by atoms with Crippen molar-refractivity contribution in [3.8, 4) is 0 Å². The van der Waals surface area contributed by atoms with Crippen molar-refractivity contribution < 1.29 is 116 Å². The monoisotopic (exact) mass is 1290 g/mol. The van der Waals surface area contributed by atoms with Gasteiger partial charge in [-0.2, -0.15) is 0 Å². The summed E-state index contributed by atoms with van der Waals surface area (Å²) >= 11 is -24.4. The quantitative estimate of drug-likeness (QED) is 0.203. The van der Waals surface area contributed by atoms with Crippen LogP contribution in [0.2, 0.25) is 0 Å². The van der Waals surface area contributed by atoms with E-state index >= 15 is 0 Å². The molecule has 0 fully saturated rings.